The lowest BCUT2D eigenvalue weighted by molar-refractivity contribution is 0.0961. The van der Waals surface area contributed by atoms with Crippen LogP contribution in [0.3, 0.4) is 0 Å². The van der Waals surface area contributed by atoms with Crippen LogP contribution in [0.1, 0.15) is 21.7 Å². The van der Waals surface area contributed by atoms with Gasteiger partial charge in [0.15, 0.2) is 5.78 Å². The fourth-order valence-corrected chi connectivity index (χ4v) is 3.30. The molecule has 29 heavy (non-hydrogen) atoms. The van der Waals surface area contributed by atoms with Crippen molar-refractivity contribution < 1.29 is 13.6 Å². The zero-order valence-electron chi connectivity index (χ0n) is 15.8. The van der Waals surface area contributed by atoms with Crippen LogP contribution in [0.15, 0.2) is 54.6 Å². The summed E-state index contributed by atoms with van der Waals surface area (Å²) in [6.45, 7) is 3.57. The van der Waals surface area contributed by atoms with Gasteiger partial charge in [-0.25, -0.2) is 8.78 Å². The van der Waals surface area contributed by atoms with Crippen LogP contribution >= 0.6 is 0 Å². The summed E-state index contributed by atoms with van der Waals surface area (Å²) in [4.78, 5) is 14.0. The molecular formula is C21H17F2N5O. The first-order valence-corrected chi connectivity index (χ1v) is 8.94. The first-order valence-electron chi connectivity index (χ1n) is 8.94. The Hall–Kier alpha value is -3.68. The van der Waals surface area contributed by atoms with Crippen molar-refractivity contribution in [2.45, 2.75) is 20.4 Å². The van der Waals surface area contributed by atoms with Crippen LogP contribution in [0.4, 0.5) is 8.78 Å². The SMILES string of the molecule is Cc1cc(C(=O)Cn2nnc(-c3ccc(F)cc3)n2)c(C)n1-c1cccc(F)c1. The first kappa shape index (κ1) is 18.7. The van der Waals surface area contributed by atoms with Crippen molar-refractivity contribution >= 4 is 5.78 Å². The highest BCUT2D eigenvalue weighted by molar-refractivity contribution is 5.97. The molecule has 0 radical (unpaired) electrons. The summed E-state index contributed by atoms with van der Waals surface area (Å²) >= 11 is 0. The largest absolute Gasteiger partial charge is 0.318 e. The third-order valence-electron chi connectivity index (χ3n) is 4.64. The molecule has 6 nitrogen and oxygen atoms in total. The van der Waals surface area contributed by atoms with Crippen LogP contribution in [-0.4, -0.2) is 30.6 Å². The van der Waals surface area contributed by atoms with E-state index in [2.05, 4.69) is 15.4 Å². The molecule has 2 aromatic heterocycles. The molecule has 0 fully saturated rings. The van der Waals surface area contributed by atoms with Gasteiger partial charge in [-0.05, 0) is 67.6 Å². The van der Waals surface area contributed by atoms with E-state index in [1.165, 1.54) is 29.1 Å². The van der Waals surface area contributed by atoms with Crippen molar-refractivity contribution in [3.05, 3.63) is 83.2 Å². The van der Waals surface area contributed by atoms with E-state index in [9.17, 15) is 13.6 Å². The highest BCUT2D eigenvalue weighted by atomic mass is 19.1. The van der Waals surface area contributed by atoms with Crippen LogP contribution in [0.25, 0.3) is 17.1 Å². The second-order valence-electron chi connectivity index (χ2n) is 6.67. The zero-order valence-corrected chi connectivity index (χ0v) is 15.8. The second kappa shape index (κ2) is 7.38. The highest BCUT2D eigenvalue weighted by Gasteiger charge is 2.18. The Labute approximate surface area is 165 Å². The molecule has 0 aliphatic rings. The maximum absolute atomic E-state index is 13.6. The Morgan fingerprint density at radius 3 is 2.48 bits per heavy atom. The number of hydrogen-bond donors (Lipinski definition) is 0. The molecule has 0 amide bonds. The number of halogens is 2. The van der Waals surface area contributed by atoms with Gasteiger partial charge in [0.2, 0.25) is 5.82 Å². The third kappa shape index (κ3) is 3.69. The van der Waals surface area contributed by atoms with Crippen molar-refractivity contribution in [3.63, 3.8) is 0 Å². The van der Waals surface area contributed by atoms with Gasteiger partial charge in [-0.15, -0.1) is 10.2 Å². The number of nitrogens with zero attached hydrogens (tertiary/aromatic N) is 5. The van der Waals surface area contributed by atoms with Gasteiger partial charge in [0.05, 0.1) is 0 Å². The zero-order chi connectivity index (χ0) is 20.5. The number of carbonyl (C=O) groups is 1. The predicted octanol–water partition coefficient (Wildman–Crippen LogP) is 3.91. The van der Waals surface area contributed by atoms with Gasteiger partial charge < -0.3 is 4.57 Å². The Bertz CT molecular complexity index is 1190. The topological polar surface area (TPSA) is 65.6 Å². The van der Waals surface area contributed by atoms with Crippen molar-refractivity contribution in [2.24, 2.45) is 0 Å². The van der Waals surface area contributed by atoms with Crippen LogP contribution < -0.4 is 0 Å². The normalized spacial score (nSPS) is 11.0. The summed E-state index contributed by atoms with van der Waals surface area (Å²) in [6.07, 6.45) is 0. The maximum Gasteiger partial charge on any atom is 0.204 e. The Kier molecular flexibility index (Phi) is 4.75. The predicted molar refractivity (Wildman–Crippen MR) is 103 cm³/mol. The fourth-order valence-electron chi connectivity index (χ4n) is 3.30. The van der Waals surface area contributed by atoms with Crippen molar-refractivity contribution in [2.75, 3.05) is 0 Å². The second-order valence-corrected chi connectivity index (χ2v) is 6.67. The Morgan fingerprint density at radius 1 is 1.00 bits per heavy atom. The fraction of sp³-hybridized carbons (Fsp3) is 0.143. The number of benzene rings is 2. The molecule has 2 heterocycles. The molecule has 0 bridgehead atoms. The number of aryl methyl sites for hydroxylation is 1. The molecule has 0 spiro atoms. The van der Waals surface area contributed by atoms with Gasteiger partial charge in [-0.3, -0.25) is 4.79 Å². The van der Waals surface area contributed by atoms with Crippen LogP contribution in [0, 0.1) is 25.5 Å². The number of ketones is 1. The highest BCUT2D eigenvalue weighted by Crippen LogP contribution is 2.22. The van der Waals surface area contributed by atoms with Crippen molar-refractivity contribution in [3.8, 4) is 17.1 Å². The van der Waals surface area contributed by atoms with Gasteiger partial charge in [-0.1, -0.05) is 6.07 Å². The molecule has 8 heteroatoms. The minimum Gasteiger partial charge on any atom is -0.318 e. The third-order valence-corrected chi connectivity index (χ3v) is 4.64. The summed E-state index contributed by atoms with van der Waals surface area (Å²) in [7, 11) is 0. The summed E-state index contributed by atoms with van der Waals surface area (Å²) < 4.78 is 28.5. The van der Waals surface area contributed by atoms with Crippen LogP contribution in [0.5, 0.6) is 0 Å². The molecule has 0 N–H and O–H groups in total. The number of aromatic nitrogens is 5. The van der Waals surface area contributed by atoms with Crippen molar-refractivity contribution in [1.82, 2.24) is 24.8 Å². The molecule has 0 atom stereocenters. The van der Waals surface area contributed by atoms with Gasteiger partial charge >= 0.3 is 0 Å². The summed E-state index contributed by atoms with van der Waals surface area (Å²) in [5, 5.41) is 12.0. The number of rotatable bonds is 5. The molecule has 4 rings (SSSR count). The molecule has 0 saturated carbocycles. The van der Waals surface area contributed by atoms with Crippen molar-refractivity contribution in [1.29, 1.82) is 0 Å². The minimum atomic E-state index is -0.357. The van der Waals surface area contributed by atoms with Gasteiger partial charge in [0.1, 0.15) is 18.2 Å². The summed E-state index contributed by atoms with van der Waals surface area (Å²) in [6, 6.07) is 13.7. The van der Waals surface area contributed by atoms with E-state index in [1.54, 1.807) is 30.3 Å². The molecule has 146 valence electrons. The lowest BCUT2D eigenvalue weighted by atomic mass is 10.1. The number of Topliss-reactive ketones (excluding diaryl/α,β-unsaturated/α-hetero) is 1. The average molecular weight is 393 g/mol. The van der Waals surface area contributed by atoms with E-state index in [-0.39, 0.29) is 24.0 Å². The van der Waals surface area contributed by atoms with Crippen LogP contribution in [-0.2, 0) is 6.54 Å². The Morgan fingerprint density at radius 2 is 1.76 bits per heavy atom. The van der Waals surface area contributed by atoms with E-state index in [0.29, 0.717) is 28.3 Å². The molecule has 4 aromatic rings. The van der Waals surface area contributed by atoms with Gasteiger partial charge in [0.25, 0.3) is 0 Å². The lowest BCUT2D eigenvalue weighted by Gasteiger charge is -2.09. The summed E-state index contributed by atoms with van der Waals surface area (Å²) in [5.74, 6) is -0.583. The molecule has 0 saturated heterocycles. The standard InChI is InChI=1S/C21H17F2N5O/c1-13-10-19(14(2)28(13)18-5-3-4-17(23)11-18)20(29)12-27-25-21(24-26-27)15-6-8-16(22)9-7-15/h3-11H,12H2,1-2H3. The van der Waals surface area contributed by atoms with Gasteiger partial charge in [0, 0.05) is 28.2 Å². The van der Waals surface area contributed by atoms with E-state index >= 15 is 0 Å². The quantitative estimate of drug-likeness (QED) is 0.482. The van der Waals surface area contributed by atoms with E-state index in [4.69, 9.17) is 0 Å². The number of hydrogen-bond acceptors (Lipinski definition) is 4. The average Bonchev–Trinajstić information content (AvgIpc) is 3.26. The van der Waals surface area contributed by atoms with E-state index in [0.717, 1.165) is 5.69 Å². The Balaban J connectivity index is 1.58. The molecular weight excluding hydrogens is 376 g/mol. The maximum atomic E-state index is 13.6. The summed E-state index contributed by atoms with van der Waals surface area (Å²) in [5.41, 5.74) is 3.28. The minimum absolute atomic E-state index is 0.0956. The van der Waals surface area contributed by atoms with E-state index in [1.807, 2.05) is 18.4 Å². The monoisotopic (exact) mass is 393 g/mol. The molecule has 0 aliphatic heterocycles. The van der Waals surface area contributed by atoms with Crippen LogP contribution in [0.2, 0.25) is 0 Å². The number of carbonyl (C=O) groups excluding carboxylic acids is 1. The van der Waals surface area contributed by atoms with E-state index < -0.39 is 0 Å². The van der Waals surface area contributed by atoms with Gasteiger partial charge in [-0.2, -0.15) is 4.80 Å². The smallest absolute Gasteiger partial charge is 0.204 e. The molecule has 0 aliphatic carbocycles. The first-order chi connectivity index (χ1) is 13.9. The number of tetrazole rings is 1. The lowest BCUT2D eigenvalue weighted by Crippen LogP contribution is -2.14. The molecule has 2 aromatic carbocycles. The molecule has 0 unspecified atom stereocenters.